The first-order chi connectivity index (χ1) is 8.03. The van der Waals surface area contributed by atoms with Crippen LogP contribution in [0.2, 0.25) is 0 Å². The third-order valence-electron chi connectivity index (χ3n) is 2.92. The van der Waals surface area contributed by atoms with E-state index >= 15 is 0 Å². The highest BCUT2D eigenvalue weighted by Crippen LogP contribution is 2.25. The molecule has 1 fully saturated rings. The highest BCUT2D eigenvalue weighted by Gasteiger charge is 2.20. The van der Waals surface area contributed by atoms with Gasteiger partial charge in [0.25, 0.3) is 0 Å². The minimum Gasteiger partial charge on any atom is -0.466 e. The van der Waals surface area contributed by atoms with E-state index in [2.05, 4.69) is 4.72 Å². The highest BCUT2D eigenvalue weighted by atomic mass is 32.2. The lowest BCUT2D eigenvalue weighted by molar-refractivity contribution is -0.143. The summed E-state index contributed by atoms with van der Waals surface area (Å²) in [5.74, 6) is 0.176. The third kappa shape index (κ3) is 6.02. The standard InChI is InChI=1S/C11H21NO4S/c1-2-16-11(13)7-4-8-17(14,15)12-9-10-5-3-6-10/h10,12H,2-9H2,1H3. The molecule has 0 amide bonds. The Kier molecular flexibility index (Phi) is 5.91. The molecule has 1 rings (SSSR count). The van der Waals surface area contributed by atoms with Gasteiger partial charge in [0, 0.05) is 13.0 Å². The first-order valence-electron chi connectivity index (χ1n) is 6.16. The molecule has 100 valence electrons. The maximum Gasteiger partial charge on any atom is 0.305 e. The average molecular weight is 263 g/mol. The van der Waals surface area contributed by atoms with Crippen molar-refractivity contribution in [3.05, 3.63) is 0 Å². The predicted octanol–water partition coefficient (Wildman–Crippen LogP) is 1.05. The van der Waals surface area contributed by atoms with Crippen LogP contribution >= 0.6 is 0 Å². The van der Waals surface area contributed by atoms with Gasteiger partial charge in [-0.05, 0) is 32.1 Å². The number of esters is 1. The smallest absolute Gasteiger partial charge is 0.305 e. The Morgan fingerprint density at radius 2 is 2.12 bits per heavy atom. The van der Waals surface area contributed by atoms with Gasteiger partial charge in [-0.1, -0.05) is 6.42 Å². The maximum absolute atomic E-state index is 11.6. The van der Waals surface area contributed by atoms with E-state index in [-0.39, 0.29) is 18.1 Å². The molecule has 0 aromatic carbocycles. The summed E-state index contributed by atoms with van der Waals surface area (Å²) in [4.78, 5) is 11.0. The van der Waals surface area contributed by atoms with Crippen molar-refractivity contribution < 1.29 is 17.9 Å². The van der Waals surface area contributed by atoms with Crippen molar-refractivity contribution in [3.8, 4) is 0 Å². The Bertz CT molecular complexity index is 335. The Balaban J connectivity index is 2.12. The lowest BCUT2D eigenvalue weighted by Gasteiger charge is -2.25. The zero-order valence-corrected chi connectivity index (χ0v) is 11.1. The number of carbonyl (C=O) groups is 1. The van der Waals surface area contributed by atoms with Gasteiger partial charge in [0.05, 0.1) is 12.4 Å². The van der Waals surface area contributed by atoms with Gasteiger partial charge < -0.3 is 4.74 Å². The van der Waals surface area contributed by atoms with Gasteiger partial charge in [0.15, 0.2) is 0 Å². The molecule has 1 aliphatic carbocycles. The molecular formula is C11H21NO4S. The summed E-state index contributed by atoms with van der Waals surface area (Å²) in [6.07, 6.45) is 3.92. The fourth-order valence-electron chi connectivity index (χ4n) is 1.65. The van der Waals surface area contributed by atoms with Crippen LogP contribution in [0.5, 0.6) is 0 Å². The highest BCUT2D eigenvalue weighted by molar-refractivity contribution is 7.89. The summed E-state index contributed by atoms with van der Waals surface area (Å²) in [5.41, 5.74) is 0. The van der Waals surface area contributed by atoms with E-state index in [0.717, 1.165) is 12.8 Å². The van der Waals surface area contributed by atoms with Crippen LogP contribution in [0.25, 0.3) is 0 Å². The van der Waals surface area contributed by atoms with E-state index in [9.17, 15) is 13.2 Å². The third-order valence-corrected chi connectivity index (χ3v) is 4.35. The summed E-state index contributed by atoms with van der Waals surface area (Å²) in [5, 5.41) is 0. The van der Waals surface area contributed by atoms with Crippen molar-refractivity contribution >= 4 is 16.0 Å². The lowest BCUT2D eigenvalue weighted by Crippen LogP contribution is -2.33. The van der Waals surface area contributed by atoms with Crippen molar-refractivity contribution in [3.63, 3.8) is 0 Å². The summed E-state index contributed by atoms with van der Waals surface area (Å²) in [6.45, 7) is 2.61. The SMILES string of the molecule is CCOC(=O)CCCS(=O)(=O)NCC1CCC1. The van der Waals surface area contributed by atoms with Crippen LogP contribution in [0.4, 0.5) is 0 Å². The van der Waals surface area contributed by atoms with E-state index in [1.54, 1.807) is 6.92 Å². The largest absolute Gasteiger partial charge is 0.466 e. The van der Waals surface area contributed by atoms with Gasteiger partial charge in [-0.3, -0.25) is 4.79 Å². The molecule has 0 heterocycles. The van der Waals surface area contributed by atoms with Crippen LogP contribution < -0.4 is 4.72 Å². The van der Waals surface area contributed by atoms with Crippen LogP contribution in [0, 0.1) is 5.92 Å². The monoisotopic (exact) mass is 263 g/mol. The van der Waals surface area contributed by atoms with Gasteiger partial charge in [-0.15, -0.1) is 0 Å². The van der Waals surface area contributed by atoms with Gasteiger partial charge in [0.2, 0.25) is 10.0 Å². The summed E-state index contributed by atoms with van der Waals surface area (Å²) >= 11 is 0. The second-order valence-corrected chi connectivity index (χ2v) is 6.30. The molecule has 1 saturated carbocycles. The second-order valence-electron chi connectivity index (χ2n) is 4.37. The molecule has 6 heteroatoms. The van der Waals surface area contributed by atoms with E-state index in [4.69, 9.17) is 4.74 Å². The zero-order valence-electron chi connectivity index (χ0n) is 10.3. The Morgan fingerprint density at radius 1 is 1.41 bits per heavy atom. The molecule has 0 spiro atoms. The number of nitrogens with one attached hydrogen (secondary N) is 1. The topological polar surface area (TPSA) is 72.5 Å². The first kappa shape index (κ1) is 14.4. The van der Waals surface area contributed by atoms with Crippen LogP contribution in [0.15, 0.2) is 0 Å². The lowest BCUT2D eigenvalue weighted by atomic mass is 9.86. The normalized spacial score (nSPS) is 16.5. The summed E-state index contributed by atoms with van der Waals surface area (Å²) < 4.78 is 30.4. The van der Waals surface area contributed by atoms with E-state index in [1.165, 1.54) is 6.42 Å². The molecule has 0 aliphatic heterocycles. The van der Waals surface area contributed by atoms with Gasteiger partial charge in [-0.25, -0.2) is 13.1 Å². The fraction of sp³-hybridized carbons (Fsp3) is 0.909. The fourth-order valence-corrected chi connectivity index (χ4v) is 2.81. The molecule has 0 unspecified atom stereocenters. The van der Waals surface area contributed by atoms with E-state index in [1.807, 2.05) is 0 Å². The number of hydrogen-bond donors (Lipinski definition) is 1. The van der Waals surface area contributed by atoms with Gasteiger partial charge in [-0.2, -0.15) is 0 Å². The molecule has 0 aromatic rings. The minimum absolute atomic E-state index is 0.00145. The van der Waals surface area contributed by atoms with Crippen LogP contribution in [0.1, 0.15) is 39.0 Å². The predicted molar refractivity (Wildman–Crippen MR) is 65.0 cm³/mol. The molecule has 1 aliphatic rings. The minimum atomic E-state index is -3.22. The van der Waals surface area contributed by atoms with Crippen molar-refractivity contribution in [1.82, 2.24) is 4.72 Å². The first-order valence-corrected chi connectivity index (χ1v) is 7.81. The number of rotatable bonds is 8. The Hall–Kier alpha value is -0.620. The summed E-state index contributed by atoms with van der Waals surface area (Å²) in [7, 11) is -3.22. The quantitative estimate of drug-likeness (QED) is 0.664. The van der Waals surface area contributed by atoms with Crippen LogP contribution in [-0.4, -0.2) is 33.3 Å². The van der Waals surface area contributed by atoms with E-state index < -0.39 is 10.0 Å². The number of carbonyl (C=O) groups excluding carboxylic acids is 1. The molecular weight excluding hydrogens is 242 g/mol. The van der Waals surface area contributed by atoms with Crippen LogP contribution in [-0.2, 0) is 19.6 Å². The van der Waals surface area contributed by atoms with Crippen molar-refractivity contribution in [2.75, 3.05) is 18.9 Å². The van der Waals surface area contributed by atoms with Crippen molar-refractivity contribution in [2.24, 2.45) is 5.92 Å². The molecule has 5 nitrogen and oxygen atoms in total. The number of sulfonamides is 1. The molecule has 0 bridgehead atoms. The summed E-state index contributed by atoms with van der Waals surface area (Å²) in [6, 6.07) is 0. The maximum atomic E-state index is 11.6. The Labute approximate surface area is 103 Å². The molecule has 17 heavy (non-hydrogen) atoms. The number of hydrogen-bond acceptors (Lipinski definition) is 4. The number of ether oxygens (including phenoxy) is 1. The Morgan fingerprint density at radius 3 is 2.65 bits per heavy atom. The molecule has 0 saturated heterocycles. The molecule has 0 atom stereocenters. The van der Waals surface area contributed by atoms with Crippen molar-refractivity contribution in [2.45, 2.75) is 39.0 Å². The van der Waals surface area contributed by atoms with E-state index in [0.29, 0.717) is 25.5 Å². The average Bonchev–Trinajstić information content (AvgIpc) is 2.15. The van der Waals surface area contributed by atoms with Gasteiger partial charge >= 0.3 is 5.97 Å². The second kappa shape index (κ2) is 6.96. The van der Waals surface area contributed by atoms with Gasteiger partial charge in [0.1, 0.15) is 0 Å². The molecule has 1 N–H and O–H groups in total. The van der Waals surface area contributed by atoms with Crippen molar-refractivity contribution in [1.29, 1.82) is 0 Å². The zero-order chi connectivity index (χ0) is 12.7. The van der Waals surface area contributed by atoms with Crippen LogP contribution in [0.3, 0.4) is 0 Å². The molecule has 0 radical (unpaired) electrons. The molecule has 0 aromatic heterocycles.